The van der Waals surface area contributed by atoms with Gasteiger partial charge in [-0.2, -0.15) is 0 Å². The first-order chi connectivity index (χ1) is 15.8. The number of anilines is 1. The molecule has 33 heavy (non-hydrogen) atoms. The number of hydrogen-bond donors (Lipinski definition) is 0. The van der Waals surface area contributed by atoms with Crippen molar-refractivity contribution in [2.24, 2.45) is 0 Å². The fourth-order valence-electron chi connectivity index (χ4n) is 5.21. The Bertz CT molecular complexity index is 1220. The molecule has 2 aliphatic rings. The van der Waals surface area contributed by atoms with Crippen LogP contribution in [0.5, 0.6) is 0 Å². The van der Waals surface area contributed by atoms with Crippen LogP contribution in [0.2, 0.25) is 5.02 Å². The third-order valence-corrected chi connectivity index (χ3v) is 7.23. The molecule has 1 saturated heterocycles. The van der Waals surface area contributed by atoms with Gasteiger partial charge in [-0.05, 0) is 80.4 Å². The summed E-state index contributed by atoms with van der Waals surface area (Å²) < 4.78 is 27.2. The van der Waals surface area contributed by atoms with Gasteiger partial charge < -0.3 is 4.90 Å². The van der Waals surface area contributed by atoms with Gasteiger partial charge in [0.05, 0.1) is 0 Å². The van der Waals surface area contributed by atoms with Gasteiger partial charge in [-0.25, -0.2) is 8.78 Å². The molecule has 1 spiro atoms. The number of hydrogen-bond acceptors (Lipinski definition) is 2. The largest absolute Gasteiger partial charge is 0.307 e. The van der Waals surface area contributed by atoms with Gasteiger partial charge in [-0.3, -0.25) is 9.69 Å². The number of halogens is 3. The van der Waals surface area contributed by atoms with Crippen LogP contribution in [0.1, 0.15) is 39.9 Å². The van der Waals surface area contributed by atoms with E-state index in [2.05, 4.69) is 24.0 Å². The van der Waals surface area contributed by atoms with Gasteiger partial charge >= 0.3 is 0 Å². The standard InChI is InChI=1S/C27H25ClF2N2O/c1-18-5-8-25-22(13-18)27(17-32(25)26(33)20-6-7-23(29)24(30)15-20)9-11-31(12-10-27)16-19-3-2-4-21(28)14-19/h2-8,13-15H,9-12,16-17H2,1H3. The average Bonchev–Trinajstić information content (AvgIpc) is 3.10. The molecule has 5 rings (SSSR count). The summed E-state index contributed by atoms with van der Waals surface area (Å²) in [6.45, 7) is 5.27. The fourth-order valence-corrected chi connectivity index (χ4v) is 5.42. The third-order valence-electron chi connectivity index (χ3n) is 7.00. The number of nitrogens with zero attached hydrogens (tertiary/aromatic N) is 2. The van der Waals surface area contributed by atoms with E-state index in [4.69, 9.17) is 11.6 Å². The lowest BCUT2D eigenvalue weighted by atomic mass is 9.74. The summed E-state index contributed by atoms with van der Waals surface area (Å²) in [5, 5.41) is 0.743. The van der Waals surface area contributed by atoms with E-state index in [1.165, 1.54) is 17.2 Å². The Balaban J connectivity index is 1.39. The Kier molecular flexibility index (Phi) is 5.71. The molecule has 0 radical (unpaired) electrons. The fraction of sp³-hybridized carbons (Fsp3) is 0.296. The highest BCUT2D eigenvalue weighted by atomic mass is 35.5. The summed E-state index contributed by atoms with van der Waals surface area (Å²) in [4.78, 5) is 17.5. The molecule has 0 bridgehead atoms. The predicted molar refractivity (Wildman–Crippen MR) is 127 cm³/mol. The molecule has 0 atom stereocenters. The van der Waals surface area contributed by atoms with E-state index in [-0.39, 0.29) is 16.9 Å². The maximum Gasteiger partial charge on any atom is 0.258 e. The molecule has 0 aromatic heterocycles. The van der Waals surface area contributed by atoms with E-state index < -0.39 is 11.6 Å². The van der Waals surface area contributed by atoms with E-state index in [0.717, 1.165) is 60.9 Å². The van der Waals surface area contributed by atoms with Crippen molar-refractivity contribution in [1.29, 1.82) is 0 Å². The lowest BCUT2D eigenvalue weighted by Gasteiger charge is -2.40. The minimum absolute atomic E-state index is 0.138. The minimum atomic E-state index is -1.01. The molecule has 6 heteroatoms. The number of piperidine rings is 1. The smallest absolute Gasteiger partial charge is 0.258 e. The number of benzene rings is 3. The molecular weight excluding hydrogens is 442 g/mol. The summed E-state index contributed by atoms with van der Waals surface area (Å²) >= 11 is 6.15. The van der Waals surface area contributed by atoms with Crippen molar-refractivity contribution in [2.45, 2.75) is 31.7 Å². The molecule has 0 unspecified atom stereocenters. The van der Waals surface area contributed by atoms with Crippen LogP contribution in [-0.2, 0) is 12.0 Å². The van der Waals surface area contributed by atoms with Gasteiger partial charge in [0.2, 0.25) is 0 Å². The highest BCUT2D eigenvalue weighted by Gasteiger charge is 2.46. The third kappa shape index (κ3) is 4.16. The zero-order valence-electron chi connectivity index (χ0n) is 18.5. The first kappa shape index (κ1) is 22.1. The maximum atomic E-state index is 13.8. The summed E-state index contributed by atoms with van der Waals surface area (Å²) in [6.07, 6.45) is 1.84. The predicted octanol–water partition coefficient (Wildman–Crippen LogP) is 6.12. The van der Waals surface area contributed by atoms with E-state index in [1.807, 2.05) is 30.3 Å². The molecule has 0 aliphatic carbocycles. The van der Waals surface area contributed by atoms with Crippen LogP contribution < -0.4 is 4.90 Å². The number of aryl methyl sites for hydroxylation is 1. The van der Waals surface area contributed by atoms with Crippen molar-refractivity contribution in [1.82, 2.24) is 4.90 Å². The van der Waals surface area contributed by atoms with Crippen LogP contribution in [-0.4, -0.2) is 30.4 Å². The van der Waals surface area contributed by atoms with Gasteiger partial charge in [0, 0.05) is 34.8 Å². The Morgan fingerprint density at radius 2 is 1.79 bits per heavy atom. The van der Waals surface area contributed by atoms with Crippen molar-refractivity contribution in [3.8, 4) is 0 Å². The van der Waals surface area contributed by atoms with Crippen LogP contribution in [0.4, 0.5) is 14.5 Å². The molecule has 2 heterocycles. The average molecular weight is 467 g/mol. The summed E-state index contributed by atoms with van der Waals surface area (Å²) in [5.41, 5.74) is 4.42. The summed E-state index contributed by atoms with van der Waals surface area (Å²) in [7, 11) is 0. The van der Waals surface area contributed by atoms with Gasteiger partial charge in [0.25, 0.3) is 5.91 Å². The molecule has 3 nitrogen and oxygen atoms in total. The first-order valence-electron chi connectivity index (χ1n) is 11.2. The number of rotatable bonds is 3. The molecular formula is C27H25ClF2N2O. The number of likely N-dealkylation sites (tertiary alicyclic amines) is 1. The van der Waals surface area contributed by atoms with Gasteiger partial charge in [0.15, 0.2) is 11.6 Å². The lowest BCUT2D eigenvalue weighted by molar-refractivity contribution is 0.0975. The monoisotopic (exact) mass is 466 g/mol. The van der Waals surface area contributed by atoms with Crippen molar-refractivity contribution < 1.29 is 13.6 Å². The van der Waals surface area contributed by atoms with Gasteiger partial charge in [-0.15, -0.1) is 0 Å². The van der Waals surface area contributed by atoms with Crippen LogP contribution in [0.3, 0.4) is 0 Å². The van der Waals surface area contributed by atoms with Crippen molar-refractivity contribution in [3.63, 3.8) is 0 Å². The second kappa shape index (κ2) is 8.54. The van der Waals surface area contributed by atoms with Crippen LogP contribution in [0.25, 0.3) is 0 Å². The molecule has 3 aromatic carbocycles. The Morgan fingerprint density at radius 3 is 2.52 bits per heavy atom. The zero-order chi connectivity index (χ0) is 23.2. The topological polar surface area (TPSA) is 23.6 Å². The second-order valence-corrected chi connectivity index (χ2v) is 9.66. The highest BCUT2D eigenvalue weighted by Crippen LogP contribution is 2.48. The molecule has 170 valence electrons. The van der Waals surface area contributed by atoms with Crippen LogP contribution in [0, 0.1) is 18.6 Å². The second-order valence-electron chi connectivity index (χ2n) is 9.23. The van der Waals surface area contributed by atoms with Crippen molar-refractivity contribution in [2.75, 3.05) is 24.5 Å². The van der Waals surface area contributed by atoms with E-state index in [9.17, 15) is 13.6 Å². The van der Waals surface area contributed by atoms with E-state index in [0.29, 0.717) is 6.54 Å². The van der Waals surface area contributed by atoms with Crippen molar-refractivity contribution in [3.05, 3.63) is 99.6 Å². The normalized spacial score (nSPS) is 17.4. The SMILES string of the molecule is Cc1ccc2c(c1)C1(CCN(Cc3cccc(Cl)c3)CC1)CN2C(=O)c1ccc(F)c(F)c1. The van der Waals surface area contributed by atoms with Gasteiger partial charge in [-0.1, -0.05) is 41.4 Å². The molecule has 0 saturated carbocycles. The van der Waals surface area contributed by atoms with Crippen molar-refractivity contribution >= 4 is 23.2 Å². The molecule has 1 fully saturated rings. The summed E-state index contributed by atoms with van der Waals surface area (Å²) in [6, 6.07) is 17.5. The number of fused-ring (bicyclic) bond motifs is 2. The van der Waals surface area contributed by atoms with Gasteiger partial charge in [0.1, 0.15) is 0 Å². The van der Waals surface area contributed by atoms with Crippen LogP contribution in [0.15, 0.2) is 60.7 Å². The number of amides is 1. The lowest BCUT2D eigenvalue weighted by Crippen LogP contribution is -2.45. The number of carbonyl (C=O) groups excluding carboxylic acids is 1. The number of carbonyl (C=O) groups is 1. The molecule has 0 N–H and O–H groups in total. The van der Waals surface area contributed by atoms with E-state index >= 15 is 0 Å². The van der Waals surface area contributed by atoms with Crippen LogP contribution >= 0.6 is 11.6 Å². The highest BCUT2D eigenvalue weighted by molar-refractivity contribution is 6.30. The maximum absolute atomic E-state index is 13.8. The Morgan fingerprint density at radius 1 is 1.00 bits per heavy atom. The van der Waals surface area contributed by atoms with E-state index in [1.54, 1.807) is 4.90 Å². The molecule has 2 aliphatic heterocycles. The first-order valence-corrected chi connectivity index (χ1v) is 11.6. The molecule has 3 aromatic rings. The Hall–Kier alpha value is -2.76. The Labute approximate surface area is 197 Å². The zero-order valence-corrected chi connectivity index (χ0v) is 19.2. The minimum Gasteiger partial charge on any atom is -0.307 e. The quantitative estimate of drug-likeness (QED) is 0.464. The molecule has 1 amide bonds. The summed E-state index contributed by atoms with van der Waals surface area (Å²) in [5.74, 6) is -2.25.